The first-order chi connectivity index (χ1) is 8.99. The molecular formula is C15H22F2N2. The van der Waals surface area contributed by atoms with Crippen molar-refractivity contribution in [3.05, 3.63) is 29.3 Å². The Labute approximate surface area is 113 Å². The zero-order valence-electron chi connectivity index (χ0n) is 11.8. The molecule has 1 heterocycles. The predicted molar refractivity (Wildman–Crippen MR) is 74.4 cm³/mol. The van der Waals surface area contributed by atoms with E-state index in [2.05, 4.69) is 24.1 Å². The second-order valence-corrected chi connectivity index (χ2v) is 5.60. The van der Waals surface area contributed by atoms with Crippen LogP contribution in [-0.2, 0) is 0 Å². The van der Waals surface area contributed by atoms with E-state index in [9.17, 15) is 8.78 Å². The van der Waals surface area contributed by atoms with Gasteiger partial charge in [-0.25, -0.2) is 8.78 Å². The Bertz CT molecular complexity index is 438. The second-order valence-electron chi connectivity index (χ2n) is 5.60. The predicted octanol–water partition coefficient (Wildman–Crippen LogP) is 3.56. The molecule has 1 aromatic carbocycles. The lowest BCUT2D eigenvalue weighted by Crippen LogP contribution is -2.42. The highest BCUT2D eigenvalue weighted by Crippen LogP contribution is 2.25. The largest absolute Gasteiger partial charge is 0.377 e. The Hall–Kier alpha value is -1.16. The van der Waals surface area contributed by atoms with E-state index in [1.165, 1.54) is 12.1 Å². The van der Waals surface area contributed by atoms with Gasteiger partial charge >= 0.3 is 0 Å². The smallest absolute Gasteiger partial charge is 0.152 e. The van der Waals surface area contributed by atoms with Crippen molar-refractivity contribution in [3.8, 4) is 0 Å². The number of hydrogen-bond donors (Lipinski definition) is 1. The van der Waals surface area contributed by atoms with E-state index < -0.39 is 11.6 Å². The summed E-state index contributed by atoms with van der Waals surface area (Å²) in [5.74, 6) is -0.972. The van der Waals surface area contributed by atoms with E-state index in [0.29, 0.717) is 11.6 Å². The molecule has 1 aliphatic heterocycles. The van der Waals surface area contributed by atoms with Gasteiger partial charge in [0, 0.05) is 25.2 Å². The highest BCUT2D eigenvalue weighted by molar-refractivity contribution is 5.49. The van der Waals surface area contributed by atoms with Crippen LogP contribution >= 0.6 is 0 Å². The average molecular weight is 268 g/mol. The van der Waals surface area contributed by atoms with Crippen molar-refractivity contribution < 1.29 is 8.78 Å². The molecule has 1 fully saturated rings. The summed E-state index contributed by atoms with van der Waals surface area (Å²) in [6, 6.07) is 3.48. The zero-order chi connectivity index (χ0) is 14.0. The topological polar surface area (TPSA) is 15.3 Å². The lowest BCUT2D eigenvalue weighted by molar-refractivity contribution is 0.177. The van der Waals surface area contributed by atoms with Crippen LogP contribution in [0.3, 0.4) is 0 Å². The van der Waals surface area contributed by atoms with Crippen LogP contribution < -0.4 is 5.32 Å². The van der Waals surface area contributed by atoms with Crippen LogP contribution in [0, 0.1) is 18.6 Å². The molecule has 0 atom stereocenters. The van der Waals surface area contributed by atoms with Crippen molar-refractivity contribution in [2.24, 2.45) is 0 Å². The summed E-state index contributed by atoms with van der Waals surface area (Å²) in [4.78, 5) is 2.39. The van der Waals surface area contributed by atoms with Crippen molar-refractivity contribution in [2.75, 3.05) is 18.4 Å². The van der Waals surface area contributed by atoms with Gasteiger partial charge in [-0.05, 0) is 45.2 Å². The first kappa shape index (κ1) is 14.3. The van der Waals surface area contributed by atoms with Gasteiger partial charge in [0.15, 0.2) is 5.82 Å². The number of halogens is 2. The van der Waals surface area contributed by atoms with E-state index >= 15 is 0 Å². The van der Waals surface area contributed by atoms with Gasteiger partial charge in [0.2, 0.25) is 0 Å². The Morgan fingerprint density at radius 1 is 1.21 bits per heavy atom. The van der Waals surface area contributed by atoms with Crippen LogP contribution in [0.25, 0.3) is 0 Å². The second kappa shape index (κ2) is 5.87. The van der Waals surface area contributed by atoms with Gasteiger partial charge in [0.05, 0.1) is 0 Å². The van der Waals surface area contributed by atoms with E-state index in [1.807, 2.05) is 0 Å². The Morgan fingerprint density at radius 2 is 1.84 bits per heavy atom. The van der Waals surface area contributed by atoms with Crippen LogP contribution in [0.1, 0.15) is 32.3 Å². The number of nitrogens with zero attached hydrogens (tertiary/aromatic N) is 1. The molecule has 1 aliphatic rings. The van der Waals surface area contributed by atoms with Crippen molar-refractivity contribution in [2.45, 2.75) is 45.7 Å². The number of benzene rings is 1. The molecule has 1 aromatic rings. The first-order valence-corrected chi connectivity index (χ1v) is 6.94. The summed E-state index contributed by atoms with van der Waals surface area (Å²) in [6.45, 7) is 7.96. The van der Waals surface area contributed by atoms with E-state index in [0.717, 1.165) is 25.9 Å². The normalized spacial score (nSPS) is 18.0. The monoisotopic (exact) mass is 268 g/mol. The summed E-state index contributed by atoms with van der Waals surface area (Å²) in [7, 11) is 0. The van der Waals surface area contributed by atoms with Gasteiger partial charge in [0.1, 0.15) is 11.5 Å². The first-order valence-electron chi connectivity index (χ1n) is 6.94. The van der Waals surface area contributed by atoms with Crippen molar-refractivity contribution in [1.82, 2.24) is 4.90 Å². The number of anilines is 1. The third kappa shape index (κ3) is 3.24. The van der Waals surface area contributed by atoms with Crippen molar-refractivity contribution in [1.29, 1.82) is 0 Å². The molecule has 2 rings (SSSR count). The molecule has 0 amide bonds. The highest BCUT2D eigenvalue weighted by atomic mass is 19.1. The number of hydrogen-bond acceptors (Lipinski definition) is 2. The summed E-state index contributed by atoms with van der Waals surface area (Å²) >= 11 is 0. The third-order valence-electron chi connectivity index (χ3n) is 3.89. The summed E-state index contributed by atoms with van der Waals surface area (Å²) < 4.78 is 27.6. The quantitative estimate of drug-likeness (QED) is 0.901. The molecule has 0 aromatic heterocycles. The molecule has 0 saturated carbocycles. The fourth-order valence-electron chi connectivity index (χ4n) is 2.55. The van der Waals surface area contributed by atoms with Crippen LogP contribution in [0.5, 0.6) is 0 Å². The molecule has 1 N–H and O–H groups in total. The zero-order valence-corrected chi connectivity index (χ0v) is 11.8. The average Bonchev–Trinajstić information content (AvgIpc) is 2.40. The van der Waals surface area contributed by atoms with E-state index in [-0.39, 0.29) is 11.7 Å². The Kier molecular flexibility index (Phi) is 4.40. The maximum absolute atomic E-state index is 13.9. The highest BCUT2D eigenvalue weighted by Gasteiger charge is 2.22. The summed E-state index contributed by atoms with van der Waals surface area (Å²) in [5, 5.41) is 3.04. The molecule has 0 radical (unpaired) electrons. The molecule has 2 nitrogen and oxygen atoms in total. The molecule has 106 valence electrons. The van der Waals surface area contributed by atoms with Gasteiger partial charge in [-0.3, -0.25) is 0 Å². The van der Waals surface area contributed by atoms with E-state index in [4.69, 9.17) is 0 Å². The van der Waals surface area contributed by atoms with E-state index in [1.54, 1.807) is 6.92 Å². The summed E-state index contributed by atoms with van der Waals surface area (Å²) in [5.41, 5.74) is 0.506. The SMILES string of the molecule is Cc1ccc(F)c(NC2CCN(C(C)C)CC2)c1F. The molecule has 0 bridgehead atoms. The maximum Gasteiger partial charge on any atom is 0.152 e. The number of nitrogens with one attached hydrogen (secondary N) is 1. The number of likely N-dealkylation sites (tertiary alicyclic amines) is 1. The molecule has 1 saturated heterocycles. The third-order valence-corrected chi connectivity index (χ3v) is 3.89. The van der Waals surface area contributed by atoms with Gasteiger partial charge in [-0.2, -0.15) is 0 Å². The molecule has 4 heteroatoms. The van der Waals surface area contributed by atoms with Crippen LogP contribution in [0.15, 0.2) is 12.1 Å². The molecule has 0 spiro atoms. The van der Waals surface area contributed by atoms with Gasteiger partial charge in [-0.15, -0.1) is 0 Å². The lowest BCUT2D eigenvalue weighted by atomic mass is 10.0. The van der Waals surface area contributed by atoms with Gasteiger partial charge < -0.3 is 10.2 Å². The fraction of sp³-hybridized carbons (Fsp3) is 0.600. The minimum absolute atomic E-state index is 0.0306. The number of rotatable bonds is 3. The van der Waals surface area contributed by atoms with Gasteiger partial charge in [0.25, 0.3) is 0 Å². The minimum atomic E-state index is -0.505. The molecule has 0 unspecified atom stereocenters. The van der Waals surface area contributed by atoms with Crippen LogP contribution in [0.2, 0.25) is 0 Å². The number of aryl methyl sites for hydroxylation is 1. The molecule has 0 aliphatic carbocycles. The Morgan fingerprint density at radius 3 is 2.42 bits per heavy atom. The molecular weight excluding hydrogens is 246 g/mol. The minimum Gasteiger partial charge on any atom is -0.377 e. The molecule has 19 heavy (non-hydrogen) atoms. The Balaban J connectivity index is 2.02. The maximum atomic E-state index is 13.9. The summed E-state index contributed by atoms with van der Waals surface area (Å²) in [6.07, 6.45) is 1.84. The lowest BCUT2D eigenvalue weighted by Gasteiger charge is -2.35. The fourth-order valence-corrected chi connectivity index (χ4v) is 2.55. The van der Waals surface area contributed by atoms with Crippen molar-refractivity contribution >= 4 is 5.69 Å². The van der Waals surface area contributed by atoms with Gasteiger partial charge in [-0.1, -0.05) is 6.07 Å². The van der Waals surface area contributed by atoms with Crippen LogP contribution in [-0.4, -0.2) is 30.1 Å². The number of piperidine rings is 1. The van der Waals surface area contributed by atoms with Crippen LogP contribution in [0.4, 0.5) is 14.5 Å². The van der Waals surface area contributed by atoms with Crippen molar-refractivity contribution in [3.63, 3.8) is 0 Å². The standard InChI is InChI=1S/C15H22F2N2/c1-10(2)19-8-6-12(7-9-19)18-15-13(16)5-4-11(3)14(15)17/h4-5,10,12,18H,6-9H2,1-3H3.